The van der Waals surface area contributed by atoms with Crippen molar-refractivity contribution in [2.24, 2.45) is 7.05 Å². The summed E-state index contributed by atoms with van der Waals surface area (Å²) in [5.74, 6) is -1.15. The molecule has 0 unspecified atom stereocenters. The zero-order valence-corrected chi connectivity index (χ0v) is 19.7. The Kier molecular flexibility index (Phi) is 4.97. The SMILES string of the molecule is [2H]C(C)(C)c1c[n+](C)c(-c2ccccc2C)cc1-c1ccc2cc(C3([2H])CCCC3)ccc2c1. The van der Waals surface area contributed by atoms with E-state index in [1.54, 1.807) is 0 Å². The molecule has 1 aromatic heterocycles. The van der Waals surface area contributed by atoms with Crippen LogP contribution < -0.4 is 4.57 Å². The van der Waals surface area contributed by atoms with Crippen LogP contribution in [0.3, 0.4) is 0 Å². The molecule has 0 atom stereocenters. The van der Waals surface area contributed by atoms with Crippen LogP contribution in [0.25, 0.3) is 33.2 Å². The molecule has 32 heavy (non-hydrogen) atoms. The Morgan fingerprint density at radius 1 is 0.906 bits per heavy atom. The summed E-state index contributed by atoms with van der Waals surface area (Å²) in [6.07, 6.45) is 6.35. The highest BCUT2D eigenvalue weighted by Gasteiger charge is 2.21. The van der Waals surface area contributed by atoms with Gasteiger partial charge < -0.3 is 0 Å². The molecule has 1 heteroatoms. The van der Waals surface area contributed by atoms with Crippen molar-refractivity contribution in [1.82, 2.24) is 0 Å². The smallest absolute Gasteiger partial charge is 0.201 e. The molecule has 0 amide bonds. The molecule has 3 aromatic carbocycles. The topological polar surface area (TPSA) is 3.88 Å². The third-order valence-corrected chi connectivity index (χ3v) is 7.00. The fraction of sp³-hybridized carbons (Fsp3) is 0.323. The summed E-state index contributed by atoms with van der Waals surface area (Å²) in [6, 6.07) is 23.9. The Morgan fingerprint density at radius 2 is 1.62 bits per heavy atom. The minimum atomic E-state index is -0.726. The third-order valence-electron chi connectivity index (χ3n) is 7.00. The van der Waals surface area contributed by atoms with Crippen LogP contribution in [-0.4, -0.2) is 0 Å². The minimum Gasteiger partial charge on any atom is -0.201 e. The summed E-state index contributed by atoms with van der Waals surface area (Å²) in [5, 5.41) is 2.37. The van der Waals surface area contributed by atoms with Crippen LogP contribution in [-0.2, 0) is 7.05 Å². The molecule has 1 nitrogen and oxygen atoms in total. The number of aromatic nitrogens is 1. The maximum absolute atomic E-state index is 8.89. The van der Waals surface area contributed by atoms with Crippen LogP contribution in [0.5, 0.6) is 0 Å². The van der Waals surface area contributed by atoms with Crippen LogP contribution in [0.1, 0.15) is 70.8 Å². The van der Waals surface area contributed by atoms with Gasteiger partial charge in [0.2, 0.25) is 5.69 Å². The number of hydrogen-bond acceptors (Lipinski definition) is 0. The van der Waals surface area contributed by atoms with Gasteiger partial charge in [0, 0.05) is 19.9 Å². The minimum absolute atomic E-state index is 0.425. The average molecular weight is 423 g/mol. The van der Waals surface area contributed by atoms with E-state index >= 15 is 0 Å². The van der Waals surface area contributed by atoms with E-state index in [1.807, 2.05) is 13.8 Å². The molecule has 1 aliphatic carbocycles. The lowest BCUT2D eigenvalue weighted by atomic mass is 9.90. The van der Waals surface area contributed by atoms with Gasteiger partial charge in [-0.25, -0.2) is 4.57 Å². The van der Waals surface area contributed by atoms with E-state index in [9.17, 15) is 0 Å². The zero-order valence-electron chi connectivity index (χ0n) is 21.7. The lowest BCUT2D eigenvalue weighted by Gasteiger charge is -2.15. The molecule has 0 N–H and O–H groups in total. The predicted molar refractivity (Wildman–Crippen MR) is 136 cm³/mol. The summed E-state index contributed by atoms with van der Waals surface area (Å²) in [7, 11) is 2.07. The molecule has 0 bridgehead atoms. The van der Waals surface area contributed by atoms with E-state index in [1.165, 1.54) is 21.9 Å². The van der Waals surface area contributed by atoms with Gasteiger partial charge in [0.1, 0.15) is 7.05 Å². The molecule has 1 fully saturated rings. The molecule has 0 saturated heterocycles. The van der Waals surface area contributed by atoms with Crippen LogP contribution in [0.2, 0.25) is 0 Å². The van der Waals surface area contributed by atoms with E-state index in [4.69, 9.17) is 2.74 Å². The van der Waals surface area contributed by atoms with Crippen molar-refractivity contribution in [3.8, 4) is 22.4 Å². The Labute approximate surface area is 195 Å². The second kappa shape index (κ2) is 8.54. The number of hydrogen-bond donors (Lipinski definition) is 0. The van der Waals surface area contributed by atoms with Gasteiger partial charge in [0.25, 0.3) is 0 Å². The van der Waals surface area contributed by atoms with Crippen molar-refractivity contribution in [1.29, 1.82) is 0 Å². The average Bonchev–Trinajstić information content (AvgIpc) is 3.26. The van der Waals surface area contributed by atoms with Gasteiger partial charge in [-0.2, -0.15) is 0 Å². The van der Waals surface area contributed by atoms with Crippen molar-refractivity contribution in [3.63, 3.8) is 0 Å². The van der Waals surface area contributed by atoms with Crippen molar-refractivity contribution in [3.05, 3.63) is 89.6 Å². The van der Waals surface area contributed by atoms with Crippen molar-refractivity contribution in [2.75, 3.05) is 0 Å². The maximum Gasteiger partial charge on any atom is 0.213 e. The first-order valence-corrected chi connectivity index (χ1v) is 11.8. The first kappa shape index (κ1) is 18.6. The Bertz CT molecular complexity index is 1370. The summed E-state index contributed by atoms with van der Waals surface area (Å²) in [4.78, 5) is 0. The van der Waals surface area contributed by atoms with Crippen LogP contribution in [0.15, 0.2) is 72.9 Å². The summed E-state index contributed by atoms with van der Waals surface area (Å²) in [6.45, 7) is 6.07. The fourth-order valence-electron chi connectivity index (χ4n) is 5.14. The van der Waals surface area contributed by atoms with Gasteiger partial charge in [-0.1, -0.05) is 75.2 Å². The quantitative estimate of drug-likeness (QED) is 0.293. The molecule has 162 valence electrons. The lowest BCUT2D eigenvalue weighted by Crippen LogP contribution is -2.32. The number of aryl methyl sites for hydroxylation is 2. The van der Waals surface area contributed by atoms with E-state index in [0.717, 1.165) is 53.6 Å². The molecule has 0 aliphatic heterocycles. The van der Waals surface area contributed by atoms with E-state index in [2.05, 4.69) is 91.5 Å². The highest BCUT2D eigenvalue weighted by Crippen LogP contribution is 2.37. The van der Waals surface area contributed by atoms with Gasteiger partial charge in [-0.3, -0.25) is 0 Å². The fourth-order valence-corrected chi connectivity index (χ4v) is 5.14. The summed E-state index contributed by atoms with van der Waals surface area (Å²) < 4.78 is 19.9. The van der Waals surface area contributed by atoms with Crippen LogP contribution in [0, 0.1) is 6.92 Å². The number of rotatable bonds is 4. The molecule has 4 aromatic rings. The second-order valence-electron chi connectivity index (χ2n) is 9.50. The zero-order chi connectivity index (χ0) is 24.1. The van der Waals surface area contributed by atoms with E-state index in [0.29, 0.717) is 0 Å². The van der Waals surface area contributed by atoms with Crippen LogP contribution in [0.4, 0.5) is 0 Å². The molecule has 1 aliphatic rings. The third kappa shape index (κ3) is 3.86. The van der Waals surface area contributed by atoms with E-state index < -0.39 is 11.8 Å². The number of nitrogens with zero attached hydrogens (tertiary/aromatic N) is 1. The summed E-state index contributed by atoms with van der Waals surface area (Å²) in [5.41, 5.74) is 8.00. The number of pyridine rings is 1. The highest BCUT2D eigenvalue weighted by molar-refractivity contribution is 5.89. The first-order valence-electron chi connectivity index (χ1n) is 12.8. The molecule has 1 heterocycles. The second-order valence-corrected chi connectivity index (χ2v) is 9.50. The van der Waals surface area contributed by atoms with Crippen molar-refractivity contribution >= 4 is 10.8 Å². The molecule has 0 radical (unpaired) electrons. The van der Waals surface area contributed by atoms with Gasteiger partial charge in [-0.15, -0.1) is 0 Å². The highest BCUT2D eigenvalue weighted by atomic mass is 14.9. The Morgan fingerprint density at radius 3 is 2.38 bits per heavy atom. The standard InChI is InChI=1S/C31H34N/c1-21(2)30-20-32(4)31(28-12-8-5-9-22(28)3)19-29(30)27-16-15-25-17-24(13-14-26(25)18-27)23-10-6-7-11-23/h5,8-9,12-21,23H,6-7,10-11H2,1-4H3/q+1/i21D,23D. The molecular weight excluding hydrogens is 386 g/mol. The summed E-state index contributed by atoms with van der Waals surface area (Å²) >= 11 is 0. The number of fused-ring (bicyclic) bond motifs is 1. The molecule has 1 saturated carbocycles. The van der Waals surface area contributed by atoms with Gasteiger partial charge in [0.05, 0.1) is 0 Å². The molecule has 0 spiro atoms. The Hall–Kier alpha value is -2.93. The van der Waals surface area contributed by atoms with Gasteiger partial charge >= 0.3 is 0 Å². The van der Waals surface area contributed by atoms with E-state index in [-0.39, 0.29) is 0 Å². The predicted octanol–water partition coefficient (Wildman–Crippen LogP) is 8.09. The van der Waals surface area contributed by atoms with Crippen molar-refractivity contribution in [2.45, 2.75) is 58.2 Å². The monoisotopic (exact) mass is 422 g/mol. The van der Waals surface area contributed by atoms with Gasteiger partial charge in [-0.05, 0) is 76.7 Å². The van der Waals surface area contributed by atoms with Gasteiger partial charge in [0.15, 0.2) is 6.20 Å². The Balaban J connectivity index is 1.66. The normalized spacial score (nSPS) is 16.8. The number of benzene rings is 3. The van der Waals surface area contributed by atoms with Crippen molar-refractivity contribution < 1.29 is 7.31 Å². The van der Waals surface area contributed by atoms with Crippen LogP contribution >= 0.6 is 0 Å². The maximum atomic E-state index is 8.89. The first-order chi connectivity index (χ1) is 16.2. The molecular formula is C31H34N+. The largest absolute Gasteiger partial charge is 0.213 e. The molecule has 5 rings (SSSR count). The lowest BCUT2D eigenvalue weighted by molar-refractivity contribution is -0.660.